The van der Waals surface area contributed by atoms with Gasteiger partial charge in [0, 0.05) is 19.3 Å². The van der Waals surface area contributed by atoms with E-state index in [1.165, 1.54) is 12.8 Å². The van der Waals surface area contributed by atoms with Gasteiger partial charge in [0.05, 0.1) is 17.7 Å². The van der Waals surface area contributed by atoms with Crippen molar-refractivity contribution in [1.82, 2.24) is 10.3 Å². The number of nitrogens with one attached hydrogen (secondary N) is 1. The third-order valence-electron chi connectivity index (χ3n) is 5.36. The second kappa shape index (κ2) is 6.87. The number of hydrogen-bond acceptors (Lipinski definition) is 4. The molecule has 126 valence electrons. The first kappa shape index (κ1) is 16.2. The summed E-state index contributed by atoms with van der Waals surface area (Å²) in [5, 5.41) is 12.6. The summed E-state index contributed by atoms with van der Waals surface area (Å²) >= 11 is 0. The Labute approximate surface area is 138 Å². The fourth-order valence-electron chi connectivity index (χ4n) is 3.63. The van der Waals surface area contributed by atoms with Gasteiger partial charge in [-0.25, -0.2) is 4.98 Å². The number of hydrogen-bond donors (Lipinski definition) is 2. The van der Waals surface area contributed by atoms with E-state index in [4.69, 9.17) is 0 Å². The van der Waals surface area contributed by atoms with Crippen molar-refractivity contribution in [1.29, 1.82) is 0 Å². The number of anilines is 1. The SMILES string of the molecule is CC1CCN(c2ccc(C(=O)NC3(CO)CCCC3)cn2)CC1. The van der Waals surface area contributed by atoms with E-state index in [9.17, 15) is 9.90 Å². The van der Waals surface area contributed by atoms with Gasteiger partial charge in [-0.05, 0) is 43.7 Å². The van der Waals surface area contributed by atoms with Crippen LogP contribution in [0.2, 0.25) is 0 Å². The number of aliphatic hydroxyl groups is 1. The smallest absolute Gasteiger partial charge is 0.253 e. The maximum absolute atomic E-state index is 12.4. The molecule has 1 aliphatic carbocycles. The maximum atomic E-state index is 12.4. The van der Waals surface area contributed by atoms with E-state index in [-0.39, 0.29) is 12.5 Å². The molecular formula is C18H27N3O2. The molecule has 5 heteroatoms. The van der Waals surface area contributed by atoms with Crippen molar-refractivity contribution in [3.8, 4) is 0 Å². The van der Waals surface area contributed by atoms with Crippen LogP contribution in [0, 0.1) is 5.92 Å². The van der Waals surface area contributed by atoms with Crippen LogP contribution in [0.3, 0.4) is 0 Å². The van der Waals surface area contributed by atoms with Gasteiger partial charge in [-0.1, -0.05) is 19.8 Å². The van der Waals surface area contributed by atoms with Crippen LogP contribution in [-0.4, -0.2) is 41.2 Å². The quantitative estimate of drug-likeness (QED) is 0.895. The number of aromatic nitrogens is 1. The monoisotopic (exact) mass is 317 g/mol. The molecule has 2 N–H and O–H groups in total. The number of amides is 1. The van der Waals surface area contributed by atoms with Gasteiger partial charge in [0.1, 0.15) is 5.82 Å². The third kappa shape index (κ3) is 3.66. The zero-order valence-corrected chi connectivity index (χ0v) is 13.9. The highest BCUT2D eigenvalue weighted by atomic mass is 16.3. The number of pyridine rings is 1. The number of aliphatic hydroxyl groups excluding tert-OH is 1. The molecule has 2 fully saturated rings. The van der Waals surface area contributed by atoms with Crippen LogP contribution < -0.4 is 10.2 Å². The summed E-state index contributed by atoms with van der Waals surface area (Å²) in [7, 11) is 0. The van der Waals surface area contributed by atoms with Gasteiger partial charge in [-0.3, -0.25) is 4.79 Å². The number of piperidine rings is 1. The van der Waals surface area contributed by atoms with E-state index in [1.807, 2.05) is 12.1 Å². The minimum Gasteiger partial charge on any atom is -0.394 e. The van der Waals surface area contributed by atoms with Crippen molar-refractivity contribution < 1.29 is 9.90 Å². The summed E-state index contributed by atoms with van der Waals surface area (Å²) in [5.74, 6) is 1.61. The molecule has 5 nitrogen and oxygen atoms in total. The Bertz CT molecular complexity index is 530. The highest BCUT2D eigenvalue weighted by Crippen LogP contribution is 2.29. The molecule has 2 heterocycles. The Morgan fingerprint density at radius 1 is 1.35 bits per heavy atom. The van der Waals surface area contributed by atoms with Crippen molar-refractivity contribution in [2.75, 3.05) is 24.6 Å². The van der Waals surface area contributed by atoms with Crippen LogP contribution in [0.1, 0.15) is 55.8 Å². The molecular weight excluding hydrogens is 290 g/mol. The predicted octanol–water partition coefficient (Wildman–Crippen LogP) is 2.35. The molecule has 1 saturated carbocycles. The zero-order valence-electron chi connectivity index (χ0n) is 13.9. The molecule has 1 aromatic heterocycles. The molecule has 0 atom stereocenters. The molecule has 0 unspecified atom stereocenters. The fraction of sp³-hybridized carbons (Fsp3) is 0.667. The average molecular weight is 317 g/mol. The second-order valence-corrected chi connectivity index (χ2v) is 7.17. The van der Waals surface area contributed by atoms with Crippen LogP contribution >= 0.6 is 0 Å². The normalized spacial score (nSPS) is 21.4. The minimum atomic E-state index is -0.432. The zero-order chi connectivity index (χ0) is 16.3. The van der Waals surface area contributed by atoms with Crippen molar-refractivity contribution >= 4 is 11.7 Å². The lowest BCUT2D eigenvalue weighted by Gasteiger charge is -2.31. The Morgan fingerprint density at radius 3 is 2.61 bits per heavy atom. The lowest BCUT2D eigenvalue weighted by molar-refractivity contribution is 0.0838. The van der Waals surface area contributed by atoms with Crippen LogP contribution in [0.25, 0.3) is 0 Å². The molecule has 3 rings (SSSR count). The van der Waals surface area contributed by atoms with Crippen molar-refractivity contribution in [3.63, 3.8) is 0 Å². The Kier molecular flexibility index (Phi) is 4.85. The van der Waals surface area contributed by atoms with E-state index >= 15 is 0 Å². The highest BCUT2D eigenvalue weighted by molar-refractivity contribution is 5.94. The Morgan fingerprint density at radius 2 is 2.04 bits per heavy atom. The predicted molar refractivity (Wildman–Crippen MR) is 90.6 cm³/mol. The van der Waals surface area contributed by atoms with Gasteiger partial charge in [-0.2, -0.15) is 0 Å². The van der Waals surface area contributed by atoms with Gasteiger partial charge >= 0.3 is 0 Å². The van der Waals surface area contributed by atoms with Crippen LogP contribution in [0.5, 0.6) is 0 Å². The number of carbonyl (C=O) groups is 1. The number of nitrogens with zero attached hydrogens (tertiary/aromatic N) is 2. The van der Waals surface area contributed by atoms with Crippen molar-refractivity contribution in [3.05, 3.63) is 23.9 Å². The summed E-state index contributed by atoms with van der Waals surface area (Å²) in [6, 6.07) is 3.78. The van der Waals surface area contributed by atoms with Gasteiger partial charge in [0.2, 0.25) is 0 Å². The summed E-state index contributed by atoms with van der Waals surface area (Å²) in [5.41, 5.74) is 0.137. The highest BCUT2D eigenvalue weighted by Gasteiger charge is 2.34. The maximum Gasteiger partial charge on any atom is 0.253 e. The Balaban J connectivity index is 1.63. The summed E-state index contributed by atoms with van der Waals surface area (Å²) in [4.78, 5) is 19.2. The molecule has 1 saturated heterocycles. The lowest BCUT2D eigenvalue weighted by atomic mass is 9.98. The van der Waals surface area contributed by atoms with E-state index < -0.39 is 5.54 Å². The third-order valence-corrected chi connectivity index (χ3v) is 5.36. The minimum absolute atomic E-state index is 0.0101. The summed E-state index contributed by atoms with van der Waals surface area (Å²) in [6.45, 7) is 4.37. The molecule has 0 radical (unpaired) electrons. The van der Waals surface area contributed by atoms with Gasteiger partial charge in [0.15, 0.2) is 0 Å². The average Bonchev–Trinajstić information content (AvgIpc) is 3.05. The Hall–Kier alpha value is -1.62. The fourth-order valence-corrected chi connectivity index (χ4v) is 3.63. The number of carbonyl (C=O) groups excluding carboxylic acids is 1. The standard InChI is InChI=1S/C18H27N3O2/c1-14-6-10-21(11-7-14)16-5-4-15(12-19-16)17(23)20-18(13-22)8-2-3-9-18/h4-5,12,14,22H,2-3,6-11,13H2,1H3,(H,20,23). The van der Waals surface area contributed by atoms with E-state index in [0.29, 0.717) is 5.56 Å². The van der Waals surface area contributed by atoms with Crippen molar-refractivity contribution in [2.24, 2.45) is 5.92 Å². The molecule has 2 aliphatic rings. The molecule has 1 aliphatic heterocycles. The first-order valence-corrected chi connectivity index (χ1v) is 8.76. The molecule has 1 aromatic rings. The first-order chi connectivity index (χ1) is 11.1. The molecule has 0 aromatic carbocycles. The summed E-state index contributed by atoms with van der Waals surface area (Å²) < 4.78 is 0. The van der Waals surface area contributed by atoms with Gasteiger partial charge < -0.3 is 15.3 Å². The first-order valence-electron chi connectivity index (χ1n) is 8.76. The molecule has 0 spiro atoms. The summed E-state index contributed by atoms with van der Waals surface area (Å²) in [6.07, 6.45) is 7.88. The van der Waals surface area contributed by atoms with Crippen LogP contribution in [0.15, 0.2) is 18.3 Å². The van der Waals surface area contributed by atoms with E-state index in [0.717, 1.165) is 50.5 Å². The van der Waals surface area contributed by atoms with Gasteiger partial charge in [-0.15, -0.1) is 0 Å². The van der Waals surface area contributed by atoms with Gasteiger partial charge in [0.25, 0.3) is 5.91 Å². The molecule has 23 heavy (non-hydrogen) atoms. The molecule has 1 amide bonds. The topological polar surface area (TPSA) is 65.5 Å². The molecule has 0 bridgehead atoms. The van der Waals surface area contributed by atoms with Crippen LogP contribution in [-0.2, 0) is 0 Å². The second-order valence-electron chi connectivity index (χ2n) is 7.17. The van der Waals surface area contributed by atoms with Crippen molar-refractivity contribution in [2.45, 2.75) is 51.0 Å². The van der Waals surface area contributed by atoms with E-state index in [1.54, 1.807) is 6.20 Å². The van der Waals surface area contributed by atoms with E-state index in [2.05, 4.69) is 22.1 Å². The number of rotatable bonds is 4. The largest absolute Gasteiger partial charge is 0.394 e. The van der Waals surface area contributed by atoms with Crippen LogP contribution in [0.4, 0.5) is 5.82 Å². The lowest BCUT2D eigenvalue weighted by Crippen LogP contribution is -2.49.